The van der Waals surface area contributed by atoms with Crippen LogP contribution in [0, 0.1) is 0 Å². The summed E-state index contributed by atoms with van der Waals surface area (Å²) in [5, 5.41) is 15.4. The Morgan fingerprint density at radius 2 is 2.17 bits per heavy atom. The Bertz CT molecular complexity index is 1050. The minimum atomic E-state index is -1.22. The lowest BCUT2D eigenvalue weighted by Crippen LogP contribution is -2.51. The number of nitrogens with zero attached hydrogens (tertiary/aromatic N) is 4. The van der Waals surface area contributed by atoms with Gasteiger partial charge in [0.05, 0.1) is 11.7 Å². The molecule has 1 aliphatic heterocycles. The first-order chi connectivity index (χ1) is 14.2. The molecule has 0 saturated carbocycles. The molecular weight excluding hydrogens is 383 g/mol. The highest BCUT2D eigenvalue weighted by atomic mass is 19.1. The number of aromatic nitrogens is 4. The van der Waals surface area contributed by atoms with Gasteiger partial charge in [-0.2, -0.15) is 10.2 Å². The van der Waals surface area contributed by atoms with Crippen LogP contribution >= 0.6 is 0 Å². The van der Waals surface area contributed by atoms with Gasteiger partial charge in [0.2, 0.25) is 0 Å². The first kappa shape index (κ1) is 20.5. The van der Waals surface area contributed by atoms with E-state index in [1.807, 2.05) is 31.4 Å². The van der Waals surface area contributed by atoms with Crippen molar-refractivity contribution in [2.75, 3.05) is 13.1 Å². The third-order valence-electron chi connectivity index (χ3n) is 5.74. The highest BCUT2D eigenvalue weighted by molar-refractivity contribution is 6.05. The Morgan fingerprint density at radius 3 is 2.83 bits per heavy atom. The normalized spacial score (nSPS) is 20.6. The largest absolute Gasteiger partial charge is 0.348 e. The fraction of sp³-hybridized carbons (Fsp3) is 0.500. The van der Waals surface area contributed by atoms with Gasteiger partial charge >= 0.3 is 0 Å². The molecule has 7 nitrogen and oxygen atoms in total. The molecule has 2 aromatic heterocycles. The van der Waals surface area contributed by atoms with E-state index in [-0.39, 0.29) is 18.0 Å². The third kappa shape index (κ3) is 4.38. The van der Waals surface area contributed by atoms with E-state index in [2.05, 4.69) is 32.4 Å². The number of carbonyl (C=O) groups is 1. The average molecular weight is 413 g/mol. The number of alkyl halides is 1. The summed E-state index contributed by atoms with van der Waals surface area (Å²) in [6, 6.07) is 6.16. The minimum Gasteiger partial charge on any atom is -0.348 e. The first-order valence-corrected chi connectivity index (χ1v) is 10.4. The second kappa shape index (κ2) is 7.83. The summed E-state index contributed by atoms with van der Waals surface area (Å²) in [5.74, 6) is -0.180. The van der Waals surface area contributed by atoms with E-state index >= 15 is 0 Å². The molecule has 1 saturated heterocycles. The van der Waals surface area contributed by atoms with Crippen molar-refractivity contribution in [1.82, 2.24) is 30.2 Å². The molecule has 0 unspecified atom stereocenters. The minimum absolute atomic E-state index is 0.0553. The number of benzene rings is 1. The van der Waals surface area contributed by atoms with Crippen LogP contribution in [0.25, 0.3) is 22.0 Å². The van der Waals surface area contributed by atoms with E-state index in [0.29, 0.717) is 12.2 Å². The number of likely N-dealkylation sites (tertiary alicyclic amines) is 1. The summed E-state index contributed by atoms with van der Waals surface area (Å²) in [6.45, 7) is 6.49. The van der Waals surface area contributed by atoms with E-state index in [4.69, 9.17) is 0 Å². The van der Waals surface area contributed by atoms with Crippen LogP contribution in [-0.2, 0) is 7.05 Å². The van der Waals surface area contributed by atoms with Gasteiger partial charge in [0.1, 0.15) is 5.67 Å². The van der Waals surface area contributed by atoms with Crippen molar-refractivity contribution in [2.45, 2.75) is 51.4 Å². The summed E-state index contributed by atoms with van der Waals surface area (Å²) in [5.41, 5.74) is 1.98. The molecule has 2 N–H and O–H groups in total. The van der Waals surface area contributed by atoms with Gasteiger partial charge in [0.15, 0.2) is 5.69 Å². The number of piperidine rings is 1. The number of hydrogen-bond acceptors (Lipinski definition) is 4. The van der Waals surface area contributed by atoms with Crippen LogP contribution in [0.5, 0.6) is 0 Å². The van der Waals surface area contributed by atoms with Crippen LogP contribution in [0.2, 0.25) is 0 Å². The summed E-state index contributed by atoms with van der Waals surface area (Å²) in [6.07, 6.45) is 5.34. The van der Waals surface area contributed by atoms with Crippen molar-refractivity contribution in [3.05, 3.63) is 36.3 Å². The second-order valence-corrected chi connectivity index (χ2v) is 8.97. The zero-order valence-corrected chi connectivity index (χ0v) is 17.9. The molecule has 3 heterocycles. The number of rotatable bonds is 5. The smallest absolute Gasteiger partial charge is 0.272 e. The molecule has 3 aromatic rings. The highest BCUT2D eigenvalue weighted by Gasteiger charge is 2.31. The first-order valence-electron chi connectivity index (χ1n) is 10.4. The SMILES string of the molecule is C[C@H]1C[C@H](NC(=O)c2n[nH]c3ccc(-c4cnn(C)c4)cc23)CCN1CC(C)(C)F. The van der Waals surface area contributed by atoms with Crippen molar-refractivity contribution >= 4 is 16.8 Å². The van der Waals surface area contributed by atoms with Crippen LogP contribution in [0.15, 0.2) is 30.6 Å². The molecule has 1 aliphatic rings. The number of aryl methyl sites for hydroxylation is 1. The Morgan fingerprint density at radius 1 is 1.37 bits per heavy atom. The van der Waals surface area contributed by atoms with E-state index in [1.165, 1.54) is 0 Å². The van der Waals surface area contributed by atoms with E-state index < -0.39 is 5.67 Å². The molecule has 1 fully saturated rings. The molecule has 1 amide bonds. The van der Waals surface area contributed by atoms with Crippen LogP contribution < -0.4 is 5.32 Å². The van der Waals surface area contributed by atoms with Gasteiger partial charge in [-0.15, -0.1) is 0 Å². The van der Waals surface area contributed by atoms with Crippen molar-refractivity contribution < 1.29 is 9.18 Å². The van der Waals surface area contributed by atoms with Gasteiger partial charge in [-0.1, -0.05) is 6.07 Å². The second-order valence-electron chi connectivity index (χ2n) is 8.97. The maximum atomic E-state index is 14.0. The molecule has 8 heteroatoms. The number of hydrogen-bond donors (Lipinski definition) is 2. The standard InChI is InChI=1S/C22H29FN6O/c1-14-9-17(7-8-29(14)13-22(2,3)23)25-21(30)20-18-10-15(5-6-19(18)26-27-20)16-11-24-28(4)12-16/h5-6,10-12,14,17H,7-9,13H2,1-4H3,(H,25,30)(H,26,27)/t14-,17+/m0/s1. The lowest BCUT2D eigenvalue weighted by molar-refractivity contribution is 0.0627. The number of nitrogens with one attached hydrogen (secondary N) is 2. The van der Waals surface area contributed by atoms with Gasteiger partial charge < -0.3 is 5.32 Å². The number of amides is 1. The van der Waals surface area contributed by atoms with Crippen LogP contribution in [0.4, 0.5) is 4.39 Å². The Hall–Kier alpha value is -2.74. The Kier molecular flexibility index (Phi) is 5.36. The third-order valence-corrected chi connectivity index (χ3v) is 5.74. The van der Waals surface area contributed by atoms with Crippen LogP contribution in [-0.4, -0.2) is 61.6 Å². The zero-order valence-electron chi connectivity index (χ0n) is 17.9. The predicted molar refractivity (Wildman–Crippen MR) is 115 cm³/mol. The van der Waals surface area contributed by atoms with Gasteiger partial charge in [-0.25, -0.2) is 4.39 Å². The molecular formula is C22H29FN6O. The highest BCUT2D eigenvalue weighted by Crippen LogP contribution is 2.26. The average Bonchev–Trinajstić information content (AvgIpc) is 3.28. The van der Waals surface area contributed by atoms with Crippen molar-refractivity contribution in [3.8, 4) is 11.1 Å². The molecule has 0 bridgehead atoms. The fourth-order valence-corrected chi connectivity index (χ4v) is 4.26. The zero-order chi connectivity index (χ0) is 21.5. The summed E-state index contributed by atoms with van der Waals surface area (Å²) < 4.78 is 15.8. The summed E-state index contributed by atoms with van der Waals surface area (Å²) >= 11 is 0. The van der Waals surface area contributed by atoms with Gasteiger partial charge in [-0.3, -0.25) is 19.5 Å². The Balaban J connectivity index is 1.47. The fourth-order valence-electron chi connectivity index (χ4n) is 4.26. The molecule has 0 aliphatic carbocycles. The van der Waals surface area contributed by atoms with Gasteiger partial charge in [-0.05, 0) is 51.3 Å². The topological polar surface area (TPSA) is 78.8 Å². The number of aromatic amines is 1. The Labute approximate surface area is 175 Å². The van der Waals surface area contributed by atoms with E-state index in [9.17, 15) is 9.18 Å². The van der Waals surface area contributed by atoms with Crippen LogP contribution in [0.3, 0.4) is 0 Å². The molecule has 30 heavy (non-hydrogen) atoms. The number of carbonyl (C=O) groups excluding carboxylic acids is 1. The predicted octanol–water partition coefficient (Wildman–Crippen LogP) is 3.29. The van der Waals surface area contributed by atoms with Crippen molar-refractivity contribution in [1.29, 1.82) is 0 Å². The van der Waals surface area contributed by atoms with Crippen molar-refractivity contribution in [2.24, 2.45) is 7.05 Å². The number of fused-ring (bicyclic) bond motifs is 1. The molecule has 2 atom stereocenters. The van der Waals surface area contributed by atoms with Gasteiger partial charge in [0, 0.05) is 49.4 Å². The van der Waals surface area contributed by atoms with Gasteiger partial charge in [0.25, 0.3) is 5.91 Å². The lowest BCUT2D eigenvalue weighted by atomic mass is 9.96. The summed E-state index contributed by atoms with van der Waals surface area (Å²) in [7, 11) is 1.87. The van der Waals surface area contributed by atoms with E-state index in [1.54, 1.807) is 24.7 Å². The molecule has 1 aromatic carbocycles. The van der Waals surface area contributed by atoms with E-state index in [0.717, 1.165) is 41.4 Å². The monoisotopic (exact) mass is 412 g/mol. The number of H-pyrrole nitrogens is 1. The summed E-state index contributed by atoms with van der Waals surface area (Å²) in [4.78, 5) is 15.1. The molecule has 0 spiro atoms. The van der Waals surface area contributed by atoms with Crippen molar-refractivity contribution in [3.63, 3.8) is 0 Å². The maximum Gasteiger partial charge on any atom is 0.272 e. The molecule has 4 rings (SSSR count). The number of halogens is 1. The molecule has 160 valence electrons. The van der Waals surface area contributed by atoms with Crippen LogP contribution in [0.1, 0.15) is 44.1 Å². The maximum absolute atomic E-state index is 14.0. The quantitative estimate of drug-likeness (QED) is 0.674. The lowest BCUT2D eigenvalue weighted by Gasteiger charge is -2.39. The molecule has 0 radical (unpaired) electrons.